The number of hydrogen-bond donors (Lipinski definition) is 0. The first-order chi connectivity index (χ1) is 12.5. The minimum Gasteiger partial charge on any atom is -0.340 e. The van der Waals surface area contributed by atoms with Gasteiger partial charge in [0.1, 0.15) is 18.2 Å². The Labute approximate surface area is 158 Å². The molecule has 1 aromatic heterocycles. The van der Waals surface area contributed by atoms with Crippen molar-refractivity contribution in [2.75, 3.05) is 19.3 Å². The molecule has 0 saturated carbocycles. The molecule has 26 heavy (non-hydrogen) atoms. The zero-order chi connectivity index (χ0) is 18.7. The lowest BCUT2D eigenvalue weighted by atomic mass is 9.90. The Kier molecular flexibility index (Phi) is 5.76. The summed E-state index contributed by atoms with van der Waals surface area (Å²) < 4.78 is 1.63. The predicted molar refractivity (Wildman–Crippen MR) is 101 cm³/mol. The monoisotopic (exact) mass is 372 g/mol. The molecule has 3 rings (SSSR count). The molecular formula is C19H24N4O2S. The van der Waals surface area contributed by atoms with Crippen LogP contribution in [0.3, 0.4) is 0 Å². The largest absolute Gasteiger partial charge is 0.340 e. The van der Waals surface area contributed by atoms with E-state index in [2.05, 4.69) is 10.1 Å². The van der Waals surface area contributed by atoms with Crippen molar-refractivity contribution in [3.05, 3.63) is 41.5 Å². The Bertz CT molecular complexity index is 800. The fourth-order valence-corrected chi connectivity index (χ4v) is 3.76. The van der Waals surface area contributed by atoms with Crippen LogP contribution in [0.4, 0.5) is 0 Å². The number of aryl methyl sites for hydroxylation is 2. The van der Waals surface area contributed by atoms with E-state index in [1.807, 2.05) is 44.4 Å². The maximum Gasteiger partial charge on any atom is 0.244 e. The number of benzene rings is 1. The quantitative estimate of drug-likeness (QED) is 0.596. The highest BCUT2D eigenvalue weighted by molar-refractivity contribution is 7.98. The first-order valence-corrected chi connectivity index (χ1v) is 10.0. The average Bonchev–Trinajstić information content (AvgIpc) is 2.98. The van der Waals surface area contributed by atoms with Gasteiger partial charge in [0, 0.05) is 29.5 Å². The van der Waals surface area contributed by atoms with Crippen molar-refractivity contribution in [1.82, 2.24) is 19.7 Å². The number of rotatable bonds is 5. The molecular weight excluding hydrogens is 348 g/mol. The van der Waals surface area contributed by atoms with Gasteiger partial charge in [-0.25, -0.2) is 9.67 Å². The lowest BCUT2D eigenvalue weighted by Gasteiger charge is -2.32. The Morgan fingerprint density at radius 1 is 1.23 bits per heavy atom. The number of ketones is 1. The van der Waals surface area contributed by atoms with E-state index >= 15 is 0 Å². The molecule has 0 bridgehead atoms. The van der Waals surface area contributed by atoms with Crippen LogP contribution in [0.15, 0.2) is 29.2 Å². The molecule has 1 aliphatic rings. The van der Waals surface area contributed by atoms with Crippen LogP contribution < -0.4 is 0 Å². The van der Waals surface area contributed by atoms with Crippen molar-refractivity contribution in [3.63, 3.8) is 0 Å². The van der Waals surface area contributed by atoms with Crippen LogP contribution in [-0.4, -0.2) is 50.7 Å². The van der Waals surface area contributed by atoms with Crippen molar-refractivity contribution in [2.24, 2.45) is 5.92 Å². The maximum absolute atomic E-state index is 12.8. The summed E-state index contributed by atoms with van der Waals surface area (Å²) >= 11 is 1.66. The van der Waals surface area contributed by atoms with Crippen molar-refractivity contribution >= 4 is 23.5 Å². The predicted octanol–water partition coefficient (Wildman–Crippen LogP) is 2.74. The number of carbonyl (C=O) groups is 2. The molecule has 0 aliphatic carbocycles. The fourth-order valence-electron chi connectivity index (χ4n) is 3.35. The Balaban J connectivity index is 1.65. The standard InChI is InChI=1S/C19H24N4O2S/c1-13-20-14(2)23(21-13)12-18(24)22-10-4-5-16(11-22)19(25)15-6-8-17(26-3)9-7-15/h6-9,16H,4-5,10-12H2,1-3H3. The number of piperidine rings is 1. The lowest BCUT2D eigenvalue weighted by Crippen LogP contribution is -2.43. The molecule has 0 radical (unpaired) electrons. The summed E-state index contributed by atoms with van der Waals surface area (Å²) in [6, 6.07) is 7.71. The van der Waals surface area contributed by atoms with Crippen LogP contribution >= 0.6 is 11.8 Å². The van der Waals surface area contributed by atoms with Crippen LogP contribution in [0.25, 0.3) is 0 Å². The lowest BCUT2D eigenvalue weighted by molar-refractivity contribution is -0.133. The molecule has 138 valence electrons. The van der Waals surface area contributed by atoms with Crippen LogP contribution in [0.2, 0.25) is 0 Å². The summed E-state index contributed by atoms with van der Waals surface area (Å²) in [7, 11) is 0. The first-order valence-electron chi connectivity index (χ1n) is 8.82. The van der Waals surface area contributed by atoms with Gasteiger partial charge in [0.2, 0.25) is 5.91 Å². The number of hydrogen-bond acceptors (Lipinski definition) is 5. The van der Waals surface area contributed by atoms with E-state index in [9.17, 15) is 9.59 Å². The summed E-state index contributed by atoms with van der Waals surface area (Å²) in [4.78, 5) is 32.6. The second kappa shape index (κ2) is 8.03. The van der Waals surface area contributed by atoms with Gasteiger partial charge in [-0.1, -0.05) is 12.1 Å². The first kappa shape index (κ1) is 18.6. The van der Waals surface area contributed by atoms with Crippen LogP contribution in [-0.2, 0) is 11.3 Å². The number of aromatic nitrogens is 3. The van der Waals surface area contributed by atoms with Crippen molar-refractivity contribution in [2.45, 2.75) is 38.1 Å². The molecule has 0 spiro atoms. The average molecular weight is 372 g/mol. The van der Waals surface area contributed by atoms with Gasteiger partial charge in [0.25, 0.3) is 0 Å². The van der Waals surface area contributed by atoms with Crippen molar-refractivity contribution in [3.8, 4) is 0 Å². The number of amides is 1. The fraction of sp³-hybridized carbons (Fsp3) is 0.474. The van der Waals surface area contributed by atoms with E-state index in [1.165, 1.54) is 0 Å². The van der Waals surface area contributed by atoms with Gasteiger partial charge >= 0.3 is 0 Å². The summed E-state index contributed by atoms with van der Waals surface area (Å²) in [6.07, 6.45) is 3.69. The molecule has 1 amide bonds. The molecule has 2 heterocycles. The highest BCUT2D eigenvalue weighted by atomic mass is 32.2. The van der Waals surface area contributed by atoms with E-state index in [4.69, 9.17) is 0 Å². The van der Waals surface area contributed by atoms with E-state index in [0.29, 0.717) is 18.9 Å². The van der Waals surface area contributed by atoms with Crippen LogP contribution in [0, 0.1) is 19.8 Å². The summed E-state index contributed by atoms with van der Waals surface area (Å²) in [5, 5.41) is 4.25. The SMILES string of the molecule is CSc1ccc(C(=O)C2CCCN(C(=O)Cn3nc(C)nc3C)C2)cc1. The van der Waals surface area contributed by atoms with Gasteiger partial charge in [-0.05, 0) is 45.1 Å². The highest BCUT2D eigenvalue weighted by Gasteiger charge is 2.29. The number of Topliss-reactive ketones (excluding diaryl/α,β-unsaturated/α-hetero) is 1. The van der Waals surface area contributed by atoms with Crippen molar-refractivity contribution in [1.29, 1.82) is 0 Å². The molecule has 1 aromatic carbocycles. The van der Waals surface area contributed by atoms with E-state index in [0.717, 1.165) is 29.1 Å². The molecule has 6 nitrogen and oxygen atoms in total. The molecule has 1 unspecified atom stereocenters. The number of carbonyl (C=O) groups excluding carboxylic acids is 2. The van der Waals surface area contributed by atoms with E-state index in [-0.39, 0.29) is 24.2 Å². The second-order valence-electron chi connectivity index (χ2n) is 6.64. The second-order valence-corrected chi connectivity index (χ2v) is 7.52. The topological polar surface area (TPSA) is 68.1 Å². The van der Waals surface area contributed by atoms with Crippen LogP contribution in [0.5, 0.6) is 0 Å². The molecule has 1 atom stereocenters. The van der Waals surface area contributed by atoms with Crippen molar-refractivity contribution < 1.29 is 9.59 Å². The molecule has 2 aromatic rings. The Hall–Kier alpha value is -2.15. The van der Waals surface area contributed by atoms with Gasteiger partial charge in [0.15, 0.2) is 5.78 Å². The summed E-state index contributed by atoms with van der Waals surface area (Å²) in [5.74, 6) is 1.38. The maximum atomic E-state index is 12.8. The van der Waals surface area contributed by atoms with E-state index in [1.54, 1.807) is 21.3 Å². The number of thioether (sulfide) groups is 1. The smallest absolute Gasteiger partial charge is 0.244 e. The minimum absolute atomic E-state index is 0.00627. The highest BCUT2D eigenvalue weighted by Crippen LogP contribution is 2.23. The minimum atomic E-state index is -0.133. The van der Waals surface area contributed by atoms with E-state index < -0.39 is 0 Å². The molecule has 1 saturated heterocycles. The number of nitrogens with zero attached hydrogens (tertiary/aromatic N) is 4. The third-order valence-electron chi connectivity index (χ3n) is 4.77. The zero-order valence-electron chi connectivity index (χ0n) is 15.4. The molecule has 7 heteroatoms. The summed E-state index contributed by atoms with van der Waals surface area (Å²) in [6.45, 7) is 5.01. The molecule has 1 fully saturated rings. The zero-order valence-corrected chi connectivity index (χ0v) is 16.3. The van der Waals surface area contributed by atoms with Crippen LogP contribution in [0.1, 0.15) is 34.8 Å². The normalized spacial score (nSPS) is 17.3. The van der Waals surface area contributed by atoms with Gasteiger partial charge in [-0.15, -0.1) is 11.8 Å². The van der Waals surface area contributed by atoms with Gasteiger partial charge in [-0.2, -0.15) is 5.10 Å². The van der Waals surface area contributed by atoms with Gasteiger partial charge in [0.05, 0.1) is 0 Å². The third-order valence-corrected chi connectivity index (χ3v) is 5.51. The Morgan fingerprint density at radius 2 is 1.96 bits per heavy atom. The van der Waals surface area contributed by atoms with Gasteiger partial charge in [-0.3, -0.25) is 9.59 Å². The molecule has 1 aliphatic heterocycles. The third kappa shape index (κ3) is 4.15. The van der Waals surface area contributed by atoms with Gasteiger partial charge < -0.3 is 4.90 Å². The Morgan fingerprint density at radius 3 is 2.58 bits per heavy atom. The number of likely N-dealkylation sites (tertiary alicyclic amines) is 1. The summed E-state index contributed by atoms with van der Waals surface area (Å²) in [5.41, 5.74) is 0.727. The molecule has 0 N–H and O–H groups in total.